The van der Waals surface area contributed by atoms with E-state index in [0.717, 1.165) is 5.56 Å². The quantitative estimate of drug-likeness (QED) is 0.725. The van der Waals surface area contributed by atoms with E-state index in [1.54, 1.807) is 25.3 Å². The molecule has 6 nitrogen and oxygen atoms in total. The lowest BCUT2D eigenvalue weighted by molar-refractivity contribution is 0.252. The lowest BCUT2D eigenvalue weighted by Gasteiger charge is -2.13. The zero-order valence-corrected chi connectivity index (χ0v) is 15.9. The van der Waals surface area contributed by atoms with Gasteiger partial charge in [0, 0.05) is 11.6 Å². The van der Waals surface area contributed by atoms with Gasteiger partial charge in [0.25, 0.3) is 0 Å². The number of halogens is 1. The Labute approximate surface area is 158 Å². The Morgan fingerprint density at radius 2 is 1.77 bits per heavy atom. The SMILES string of the molecule is CCOc1ccc(CCNC(=O)Nc2cc(Cl)ccc2OC)cc1OC. The number of anilines is 1. The van der Waals surface area contributed by atoms with Crippen molar-refractivity contribution in [2.75, 3.05) is 32.7 Å². The topological polar surface area (TPSA) is 68.8 Å². The smallest absolute Gasteiger partial charge is 0.319 e. The van der Waals surface area contributed by atoms with Crippen LogP contribution in [0.1, 0.15) is 12.5 Å². The normalized spacial score (nSPS) is 10.2. The second-order valence-electron chi connectivity index (χ2n) is 5.39. The van der Waals surface area contributed by atoms with Crippen molar-refractivity contribution in [2.24, 2.45) is 0 Å². The Morgan fingerprint density at radius 1 is 1.04 bits per heavy atom. The van der Waals surface area contributed by atoms with E-state index in [1.165, 1.54) is 7.11 Å². The van der Waals surface area contributed by atoms with E-state index in [9.17, 15) is 4.79 Å². The zero-order valence-electron chi connectivity index (χ0n) is 15.1. The van der Waals surface area contributed by atoms with Crippen LogP contribution in [0.4, 0.5) is 10.5 Å². The van der Waals surface area contributed by atoms with E-state index in [4.69, 9.17) is 25.8 Å². The van der Waals surface area contributed by atoms with Crippen molar-refractivity contribution in [1.29, 1.82) is 0 Å². The number of urea groups is 1. The maximum absolute atomic E-state index is 12.1. The summed E-state index contributed by atoms with van der Waals surface area (Å²) < 4.78 is 16.0. The Balaban J connectivity index is 1.89. The molecule has 0 radical (unpaired) electrons. The van der Waals surface area contributed by atoms with E-state index in [2.05, 4.69) is 10.6 Å². The number of nitrogens with one attached hydrogen (secondary N) is 2. The molecule has 0 spiro atoms. The number of ether oxygens (including phenoxy) is 3. The third kappa shape index (κ3) is 5.46. The minimum absolute atomic E-state index is 0.330. The molecule has 2 aromatic carbocycles. The molecule has 0 unspecified atom stereocenters. The van der Waals surface area contributed by atoms with Crippen LogP contribution in [0.5, 0.6) is 17.2 Å². The molecule has 0 aromatic heterocycles. The molecule has 0 saturated carbocycles. The average Bonchev–Trinajstić information content (AvgIpc) is 2.63. The van der Waals surface area contributed by atoms with E-state index < -0.39 is 0 Å². The highest BCUT2D eigenvalue weighted by atomic mass is 35.5. The molecule has 2 rings (SSSR count). The summed E-state index contributed by atoms with van der Waals surface area (Å²) in [5, 5.41) is 6.06. The highest BCUT2D eigenvalue weighted by Gasteiger charge is 2.09. The Kier molecular flexibility index (Phi) is 7.41. The van der Waals surface area contributed by atoms with Crippen molar-refractivity contribution in [3.8, 4) is 17.2 Å². The predicted octanol–water partition coefficient (Wildman–Crippen LogP) is 4.12. The highest BCUT2D eigenvalue weighted by molar-refractivity contribution is 6.31. The third-order valence-electron chi connectivity index (χ3n) is 3.64. The van der Waals surface area contributed by atoms with Gasteiger partial charge in [-0.2, -0.15) is 0 Å². The van der Waals surface area contributed by atoms with Gasteiger partial charge in [-0.1, -0.05) is 17.7 Å². The number of rotatable bonds is 8. The first kappa shape index (κ1) is 19.7. The molecule has 7 heteroatoms. The van der Waals surface area contributed by atoms with Gasteiger partial charge in [0.1, 0.15) is 5.75 Å². The summed E-state index contributed by atoms with van der Waals surface area (Å²) in [6.07, 6.45) is 0.656. The molecular weight excluding hydrogens is 356 g/mol. The number of carbonyl (C=O) groups excluding carboxylic acids is 1. The van der Waals surface area contributed by atoms with E-state index in [1.807, 2.05) is 25.1 Å². The minimum atomic E-state index is -0.330. The Hall–Kier alpha value is -2.60. The van der Waals surface area contributed by atoms with Crippen LogP contribution in [-0.2, 0) is 6.42 Å². The maximum Gasteiger partial charge on any atom is 0.319 e. The second kappa shape index (κ2) is 9.77. The van der Waals surface area contributed by atoms with Crippen LogP contribution in [0.3, 0.4) is 0 Å². The summed E-state index contributed by atoms with van der Waals surface area (Å²) in [5.41, 5.74) is 1.55. The largest absolute Gasteiger partial charge is 0.495 e. The van der Waals surface area contributed by atoms with E-state index >= 15 is 0 Å². The van der Waals surface area contributed by atoms with Gasteiger partial charge in [-0.25, -0.2) is 4.79 Å². The number of hydrogen-bond acceptors (Lipinski definition) is 4. The number of methoxy groups -OCH3 is 2. The number of benzene rings is 2. The molecule has 0 bridgehead atoms. The molecule has 0 fully saturated rings. The monoisotopic (exact) mass is 378 g/mol. The van der Waals surface area contributed by atoms with Crippen molar-refractivity contribution in [3.05, 3.63) is 47.0 Å². The van der Waals surface area contributed by atoms with Crippen molar-refractivity contribution in [1.82, 2.24) is 5.32 Å². The fourth-order valence-corrected chi connectivity index (χ4v) is 2.58. The van der Waals surface area contributed by atoms with Gasteiger partial charge in [0.2, 0.25) is 0 Å². The van der Waals surface area contributed by atoms with Gasteiger partial charge in [0.15, 0.2) is 11.5 Å². The fourth-order valence-electron chi connectivity index (χ4n) is 2.41. The van der Waals surface area contributed by atoms with Crippen molar-refractivity contribution < 1.29 is 19.0 Å². The molecule has 0 aliphatic heterocycles. The van der Waals surface area contributed by atoms with Crippen molar-refractivity contribution >= 4 is 23.3 Å². The minimum Gasteiger partial charge on any atom is -0.495 e. The lowest BCUT2D eigenvalue weighted by atomic mass is 10.1. The van der Waals surface area contributed by atoms with Crippen LogP contribution in [0.15, 0.2) is 36.4 Å². The standard InChI is InChI=1S/C19H23ClN2O4/c1-4-26-17-7-5-13(11-18(17)25-3)9-10-21-19(23)22-15-12-14(20)6-8-16(15)24-2/h5-8,11-12H,4,9-10H2,1-3H3,(H2,21,22,23). The van der Waals surface area contributed by atoms with Crippen LogP contribution in [0.2, 0.25) is 5.02 Å². The summed E-state index contributed by atoms with van der Waals surface area (Å²) in [5.74, 6) is 1.93. The summed E-state index contributed by atoms with van der Waals surface area (Å²) in [4.78, 5) is 12.1. The van der Waals surface area contributed by atoms with Gasteiger partial charge in [0.05, 0.1) is 26.5 Å². The van der Waals surface area contributed by atoms with Gasteiger partial charge in [-0.3, -0.25) is 0 Å². The summed E-state index contributed by atoms with van der Waals surface area (Å²) in [6.45, 7) is 2.96. The molecule has 0 saturated heterocycles. The van der Waals surface area contributed by atoms with Crippen LogP contribution < -0.4 is 24.8 Å². The summed E-state index contributed by atoms with van der Waals surface area (Å²) in [7, 11) is 3.14. The first-order valence-corrected chi connectivity index (χ1v) is 8.63. The average molecular weight is 379 g/mol. The van der Waals surface area contributed by atoms with Gasteiger partial charge in [-0.05, 0) is 49.2 Å². The van der Waals surface area contributed by atoms with Gasteiger partial charge < -0.3 is 24.8 Å². The lowest BCUT2D eigenvalue weighted by Crippen LogP contribution is -2.30. The predicted molar refractivity (Wildman–Crippen MR) is 103 cm³/mol. The summed E-state index contributed by atoms with van der Waals surface area (Å²) in [6, 6.07) is 10.4. The first-order valence-electron chi connectivity index (χ1n) is 8.25. The van der Waals surface area contributed by atoms with Crippen molar-refractivity contribution in [2.45, 2.75) is 13.3 Å². The maximum atomic E-state index is 12.1. The molecule has 0 aliphatic rings. The fraction of sp³-hybridized carbons (Fsp3) is 0.316. The highest BCUT2D eigenvalue weighted by Crippen LogP contribution is 2.28. The molecule has 2 aromatic rings. The molecule has 26 heavy (non-hydrogen) atoms. The summed E-state index contributed by atoms with van der Waals surface area (Å²) >= 11 is 5.96. The van der Waals surface area contributed by atoms with E-state index in [0.29, 0.717) is 47.5 Å². The second-order valence-corrected chi connectivity index (χ2v) is 5.83. The van der Waals surface area contributed by atoms with Crippen LogP contribution in [0, 0.1) is 0 Å². The number of carbonyl (C=O) groups is 1. The van der Waals surface area contributed by atoms with Crippen LogP contribution in [-0.4, -0.2) is 33.4 Å². The first-order chi connectivity index (χ1) is 12.6. The van der Waals surface area contributed by atoms with Crippen LogP contribution >= 0.6 is 11.6 Å². The molecule has 2 amide bonds. The molecule has 0 heterocycles. The molecule has 140 valence electrons. The molecular formula is C19H23ClN2O4. The Bertz CT molecular complexity index is 752. The van der Waals surface area contributed by atoms with Crippen molar-refractivity contribution in [3.63, 3.8) is 0 Å². The van der Waals surface area contributed by atoms with Crippen LogP contribution in [0.25, 0.3) is 0 Å². The number of amides is 2. The number of hydrogen-bond donors (Lipinski definition) is 2. The molecule has 0 atom stereocenters. The third-order valence-corrected chi connectivity index (χ3v) is 3.87. The van der Waals surface area contributed by atoms with E-state index in [-0.39, 0.29) is 6.03 Å². The zero-order chi connectivity index (χ0) is 18.9. The van der Waals surface area contributed by atoms with Gasteiger partial charge in [-0.15, -0.1) is 0 Å². The molecule has 0 aliphatic carbocycles. The van der Waals surface area contributed by atoms with Gasteiger partial charge >= 0.3 is 6.03 Å². The Morgan fingerprint density at radius 3 is 2.46 bits per heavy atom. The molecule has 2 N–H and O–H groups in total.